The highest BCUT2D eigenvalue weighted by molar-refractivity contribution is 4.87. The van der Waals surface area contributed by atoms with Gasteiger partial charge in [0, 0.05) is 11.8 Å². The summed E-state index contributed by atoms with van der Waals surface area (Å²) in [6.07, 6.45) is 1.26. The van der Waals surface area contributed by atoms with Crippen LogP contribution in [-0.4, -0.2) is 18.0 Å². The van der Waals surface area contributed by atoms with Crippen LogP contribution in [0.3, 0.4) is 0 Å². The fourth-order valence-electron chi connectivity index (χ4n) is 1.01. The molecule has 0 aromatic carbocycles. The Morgan fingerprint density at radius 1 is 1.78 bits per heavy atom. The minimum absolute atomic E-state index is 0.211. The molecule has 0 aliphatic carbocycles. The van der Waals surface area contributed by atoms with Crippen LogP contribution in [0.15, 0.2) is 12.7 Å². The maximum atomic E-state index is 9.03. The number of hydrogen-bond donors (Lipinski definition) is 1. The molecular weight excluding hydrogens is 116 g/mol. The van der Waals surface area contributed by atoms with E-state index in [1.165, 1.54) is 0 Å². The first-order chi connectivity index (χ1) is 4.25. The summed E-state index contributed by atoms with van der Waals surface area (Å²) in [4.78, 5) is 0. The molecule has 9 heavy (non-hydrogen) atoms. The summed E-state index contributed by atoms with van der Waals surface area (Å²) in [5.74, 6) is 0.544. The molecule has 0 spiro atoms. The average Bonchev–Trinajstić information content (AvgIpc) is 2.15. The first-order valence-electron chi connectivity index (χ1n) is 3.18. The SMILES string of the molecule is C=C[C@@H]1COC(O)[C@@H]1C. The van der Waals surface area contributed by atoms with Gasteiger partial charge in [0.25, 0.3) is 0 Å². The van der Waals surface area contributed by atoms with Gasteiger partial charge in [-0.15, -0.1) is 6.58 Å². The predicted molar refractivity (Wildman–Crippen MR) is 34.8 cm³/mol. The normalized spacial score (nSPS) is 43.1. The summed E-state index contributed by atoms with van der Waals surface area (Å²) in [5, 5.41) is 9.03. The lowest BCUT2D eigenvalue weighted by Crippen LogP contribution is -2.14. The molecule has 0 bridgehead atoms. The van der Waals surface area contributed by atoms with Crippen molar-refractivity contribution in [3.8, 4) is 0 Å². The molecule has 0 amide bonds. The van der Waals surface area contributed by atoms with Gasteiger partial charge in [-0.05, 0) is 0 Å². The lowest BCUT2D eigenvalue weighted by Gasteiger charge is -2.08. The number of hydrogen-bond acceptors (Lipinski definition) is 2. The number of aliphatic hydroxyl groups is 1. The summed E-state index contributed by atoms with van der Waals surface area (Å²) in [6.45, 7) is 6.22. The van der Waals surface area contributed by atoms with Crippen molar-refractivity contribution in [2.75, 3.05) is 6.61 Å². The van der Waals surface area contributed by atoms with Gasteiger partial charge in [-0.25, -0.2) is 0 Å². The number of aliphatic hydroxyl groups excluding tert-OH is 1. The Morgan fingerprint density at radius 2 is 2.44 bits per heavy atom. The Labute approximate surface area is 55.1 Å². The Kier molecular flexibility index (Phi) is 1.88. The Bertz CT molecular complexity index is 111. The monoisotopic (exact) mass is 128 g/mol. The van der Waals surface area contributed by atoms with Crippen molar-refractivity contribution < 1.29 is 9.84 Å². The average molecular weight is 128 g/mol. The van der Waals surface area contributed by atoms with Crippen LogP contribution in [0.2, 0.25) is 0 Å². The van der Waals surface area contributed by atoms with E-state index in [9.17, 15) is 0 Å². The lowest BCUT2D eigenvalue weighted by atomic mass is 9.97. The molecule has 1 heterocycles. The quantitative estimate of drug-likeness (QED) is 0.528. The largest absolute Gasteiger partial charge is 0.368 e. The Morgan fingerprint density at radius 3 is 2.67 bits per heavy atom. The second-order valence-electron chi connectivity index (χ2n) is 2.48. The van der Waals surface area contributed by atoms with Gasteiger partial charge in [-0.2, -0.15) is 0 Å². The summed E-state index contributed by atoms with van der Waals surface area (Å²) in [5.41, 5.74) is 0. The van der Waals surface area contributed by atoms with E-state index in [0.29, 0.717) is 12.5 Å². The van der Waals surface area contributed by atoms with Gasteiger partial charge in [0.05, 0.1) is 6.61 Å². The topological polar surface area (TPSA) is 29.5 Å². The molecule has 3 atom stereocenters. The van der Waals surface area contributed by atoms with E-state index in [4.69, 9.17) is 9.84 Å². The van der Waals surface area contributed by atoms with Crippen molar-refractivity contribution in [3.63, 3.8) is 0 Å². The lowest BCUT2D eigenvalue weighted by molar-refractivity contribution is -0.0786. The molecule has 0 aromatic heterocycles. The van der Waals surface area contributed by atoms with Crippen LogP contribution in [0, 0.1) is 11.8 Å². The molecule has 2 nitrogen and oxygen atoms in total. The Hall–Kier alpha value is -0.340. The minimum Gasteiger partial charge on any atom is -0.368 e. The smallest absolute Gasteiger partial charge is 0.157 e. The standard InChI is InChI=1S/C7H12O2/c1-3-6-4-9-7(8)5(6)2/h3,5-8H,1,4H2,2H3/t5-,6-,7?/m1/s1. The summed E-state index contributed by atoms with van der Waals surface area (Å²) < 4.78 is 4.95. The van der Waals surface area contributed by atoms with E-state index in [0.717, 1.165) is 0 Å². The van der Waals surface area contributed by atoms with Crippen molar-refractivity contribution in [2.45, 2.75) is 13.2 Å². The predicted octanol–water partition coefficient (Wildman–Crippen LogP) is 0.773. The summed E-state index contributed by atoms with van der Waals surface area (Å²) in [7, 11) is 0. The summed E-state index contributed by atoms with van der Waals surface area (Å²) in [6, 6.07) is 0. The van der Waals surface area contributed by atoms with Crippen molar-refractivity contribution in [3.05, 3.63) is 12.7 Å². The van der Waals surface area contributed by atoms with Crippen LogP contribution in [0.25, 0.3) is 0 Å². The molecule has 1 saturated heterocycles. The van der Waals surface area contributed by atoms with E-state index in [-0.39, 0.29) is 5.92 Å². The molecule has 52 valence electrons. The highest BCUT2D eigenvalue weighted by Crippen LogP contribution is 2.25. The Balaban J connectivity index is 2.50. The molecule has 1 unspecified atom stereocenters. The fourth-order valence-corrected chi connectivity index (χ4v) is 1.01. The third-order valence-corrected chi connectivity index (χ3v) is 1.89. The highest BCUT2D eigenvalue weighted by Gasteiger charge is 2.29. The van der Waals surface area contributed by atoms with Gasteiger partial charge in [-0.3, -0.25) is 0 Å². The number of rotatable bonds is 1. The van der Waals surface area contributed by atoms with Gasteiger partial charge in [0.2, 0.25) is 0 Å². The fraction of sp³-hybridized carbons (Fsp3) is 0.714. The van der Waals surface area contributed by atoms with Crippen LogP contribution in [0.5, 0.6) is 0 Å². The van der Waals surface area contributed by atoms with Crippen molar-refractivity contribution in [2.24, 2.45) is 11.8 Å². The van der Waals surface area contributed by atoms with Crippen molar-refractivity contribution in [1.82, 2.24) is 0 Å². The molecule has 0 radical (unpaired) electrons. The van der Waals surface area contributed by atoms with Gasteiger partial charge in [0.1, 0.15) is 0 Å². The maximum absolute atomic E-state index is 9.03. The molecule has 2 heteroatoms. The molecule has 0 saturated carbocycles. The van der Waals surface area contributed by atoms with Crippen molar-refractivity contribution >= 4 is 0 Å². The van der Waals surface area contributed by atoms with Gasteiger partial charge < -0.3 is 9.84 Å². The van der Waals surface area contributed by atoms with E-state index in [1.807, 2.05) is 13.0 Å². The first-order valence-corrected chi connectivity index (χ1v) is 3.18. The molecule has 1 fully saturated rings. The van der Waals surface area contributed by atoms with E-state index in [1.54, 1.807) is 0 Å². The molecule has 1 rings (SSSR count). The maximum Gasteiger partial charge on any atom is 0.157 e. The van der Waals surface area contributed by atoms with E-state index >= 15 is 0 Å². The minimum atomic E-state index is -0.576. The second-order valence-corrected chi connectivity index (χ2v) is 2.48. The van der Waals surface area contributed by atoms with Crippen molar-refractivity contribution in [1.29, 1.82) is 0 Å². The third kappa shape index (κ3) is 1.14. The zero-order valence-electron chi connectivity index (χ0n) is 5.58. The zero-order chi connectivity index (χ0) is 6.85. The van der Waals surface area contributed by atoms with Gasteiger partial charge >= 0.3 is 0 Å². The zero-order valence-corrected chi connectivity index (χ0v) is 5.58. The molecular formula is C7H12O2. The van der Waals surface area contributed by atoms with Crippen LogP contribution in [-0.2, 0) is 4.74 Å². The van der Waals surface area contributed by atoms with E-state index < -0.39 is 6.29 Å². The molecule has 1 N–H and O–H groups in total. The van der Waals surface area contributed by atoms with Gasteiger partial charge in [0.15, 0.2) is 6.29 Å². The molecule has 0 aromatic rings. The van der Waals surface area contributed by atoms with Gasteiger partial charge in [-0.1, -0.05) is 13.0 Å². The van der Waals surface area contributed by atoms with Crippen LogP contribution in [0.4, 0.5) is 0 Å². The second kappa shape index (κ2) is 2.50. The van der Waals surface area contributed by atoms with E-state index in [2.05, 4.69) is 6.58 Å². The molecule has 1 aliphatic heterocycles. The summed E-state index contributed by atoms with van der Waals surface area (Å²) >= 11 is 0. The van der Waals surface area contributed by atoms with Crippen LogP contribution in [0.1, 0.15) is 6.92 Å². The molecule has 1 aliphatic rings. The first kappa shape index (κ1) is 6.78. The third-order valence-electron chi connectivity index (χ3n) is 1.89. The number of ether oxygens (including phenoxy) is 1. The highest BCUT2D eigenvalue weighted by atomic mass is 16.6. The van der Waals surface area contributed by atoms with Crippen LogP contribution < -0.4 is 0 Å². The van der Waals surface area contributed by atoms with Crippen LogP contribution >= 0.6 is 0 Å².